The van der Waals surface area contributed by atoms with Crippen LogP contribution in [0.1, 0.15) is 23.6 Å². The van der Waals surface area contributed by atoms with Crippen LogP contribution in [0.5, 0.6) is 11.5 Å². The maximum Gasteiger partial charge on any atom is 0.416 e. The number of hydrogen-bond donors (Lipinski definition) is 0. The van der Waals surface area contributed by atoms with Crippen LogP contribution in [-0.4, -0.2) is 30.9 Å². The number of hydrogen-bond acceptors (Lipinski definition) is 4. The molecule has 0 bridgehead atoms. The van der Waals surface area contributed by atoms with Crippen molar-refractivity contribution in [1.29, 1.82) is 0 Å². The van der Waals surface area contributed by atoms with Crippen molar-refractivity contribution >= 4 is 17.4 Å². The lowest BCUT2D eigenvalue weighted by atomic mass is 10.0. The average Bonchev–Trinajstić information content (AvgIpc) is 2.90. The number of benzene rings is 2. The zero-order valence-electron chi connectivity index (χ0n) is 16.0. The van der Waals surface area contributed by atoms with Crippen LogP contribution < -0.4 is 9.47 Å². The Labute approximate surface area is 165 Å². The molecule has 1 aliphatic rings. The van der Waals surface area contributed by atoms with E-state index in [1.165, 1.54) is 33.3 Å². The number of methoxy groups -OCH3 is 2. The quantitative estimate of drug-likeness (QED) is 0.704. The van der Waals surface area contributed by atoms with Gasteiger partial charge in [0.2, 0.25) is 0 Å². The summed E-state index contributed by atoms with van der Waals surface area (Å²) in [5, 5.41) is 0. The summed E-state index contributed by atoms with van der Waals surface area (Å²) in [5.41, 5.74) is 0.382. The van der Waals surface area contributed by atoms with Crippen molar-refractivity contribution < 1.29 is 32.2 Å². The number of carbonyl (C=O) groups excluding carboxylic acids is 2. The molecule has 8 heteroatoms. The van der Waals surface area contributed by atoms with E-state index in [0.29, 0.717) is 17.1 Å². The van der Waals surface area contributed by atoms with E-state index in [-0.39, 0.29) is 23.3 Å². The molecule has 0 spiro atoms. The molecule has 2 amide bonds. The third kappa shape index (κ3) is 3.83. The summed E-state index contributed by atoms with van der Waals surface area (Å²) in [4.78, 5) is 26.5. The third-order valence-corrected chi connectivity index (χ3v) is 4.69. The number of imide groups is 1. The summed E-state index contributed by atoms with van der Waals surface area (Å²) in [6.45, 7) is 1.49. The molecule has 0 aliphatic carbocycles. The van der Waals surface area contributed by atoms with Gasteiger partial charge in [-0.25, -0.2) is 0 Å². The lowest BCUT2D eigenvalue weighted by Crippen LogP contribution is -2.30. The van der Waals surface area contributed by atoms with Gasteiger partial charge in [-0.05, 0) is 42.3 Å². The Kier molecular flexibility index (Phi) is 5.37. The molecule has 0 radical (unpaired) electrons. The molecule has 0 N–H and O–H groups in total. The lowest BCUT2D eigenvalue weighted by molar-refractivity contribution is -0.138. The van der Waals surface area contributed by atoms with Crippen molar-refractivity contribution in [2.45, 2.75) is 19.6 Å². The normalized spacial score (nSPS) is 14.6. The second-order valence-corrected chi connectivity index (χ2v) is 6.46. The number of alkyl halides is 3. The fourth-order valence-corrected chi connectivity index (χ4v) is 3.17. The van der Waals surface area contributed by atoms with Crippen LogP contribution in [-0.2, 0) is 22.3 Å². The molecule has 2 aromatic carbocycles. The van der Waals surface area contributed by atoms with Gasteiger partial charge in [-0.2, -0.15) is 13.2 Å². The highest BCUT2D eigenvalue weighted by Crippen LogP contribution is 2.34. The van der Waals surface area contributed by atoms with E-state index in [2.05, 4.69) is 0 Å². The maximum atomic E-state index is 12.9. The van der Waals surface area contributed by atoms with Crippen LogP contribution in [0.2, 0.25) is 0 Å². The molecular formula is C21H18F3NO4. The van der Waals surface area contributed by atoms with Crippen LogP contribution in [0.25, 0.3) is 5.57 Å². The Bertz CT molecular complexity index is 994. The van der Waals surface area contributed by atoms with Gasteiger partial charge >= 0.3 is 6.18 Å². The number of carbonyl (C=O) groups is 2. The second-order valence-electron chi connectivity index (χ2n) is 6.46. The number of halogens is 3. The summed E-state index contributed by atoms with van der Waals surface area (Å²) >= 11 is 0. The van der Waals surface area contributed by atoms with Gasteiger partial charge < -0.3 is 9.47 Å². The van der Waals surface area contributed by atoms with Gasteiger partial charge in [0, 0.05) is 5.57 Å². The van der Waals surface area contributed by atoms with Crippen molar-refractivity contribution in [3.63, 3.8) is 0 Å². The number of amides is 2. The minimum absolute atomic E-state index is 0.000500. The molecule has 1 aliphatic heterocycles. The predicted octanol–water partition coefficient (Wildman–Crippen LogP) is 4.07. The molecular weight excluding hydrogens is 387 g/mol. The molecule has 2 aromatic rings. The second kappa shape index (κ2) is 7.62. The minimum Gasteiger partial charge on any atom is -0.493 e. The van der Waals surface area contributed by atoms with Gasteiger partial charge in [0.05, 0.1) is 31.9 Å². The van der Waals surface area contributed by atoms with E-state index >= 15 is 0 Å². The molecule has 29 heavy (non-hydrogen) atoms. The molecule has 3 rings (SSSR count). The summed E-state index contributed by atoms with van der Waals surface area (Å²) < 4.78 is 48.7. The van der Waals surface area contributed by atoms with E-state index in [1.807, 2.05) is 0 Å². The number of rotatable bonds is 5. The van der Waals surface area contributed by atoms with Gasteiger partial charge in [-0.15, -0.1) is 0 Å². The summed E-state index contributed by atoms with van der Waals surface area (Å²) in [6.07, 6.45) is -4.48. The largest absolute Gasteiger partial charge is 0.493 e. The average molecular weight is 405 g/mol. The first-order valence-electron chi connectivity index (χ1n) is 8.63. The fraction of sp³-hybridized carbons (Fsp3) is 0.238. The summed E-state index contributed by atoms with van der Waals surface area (Å²) in [7, 11) is 2.97. The van der Waals surface area contributed by atoms with Gasteiger partial charge in [0.25, 0.3) is 11.8 Å². The molecule has 0 saturated carbocycles. The van der Waals surface area contributed by atoms with Crippen LogP contribution >= 0.6 is 0 Å². The monoisotopic (exact) mass is 405 g/mol. The Morgan fingerprint density at radius 3 is 2.07 bits per heavy atom. The maximum absolute atomic E-state index is 12.9. The lowest BCUT2D eigenvalue weighted by Gasteiger charge is -2.16. The zero-order chi connectivity index (χ0) is 21.3. The number of nitrogens with zero attached hydrogens (tertiary/aromatic N) is 1. The first kappa shape index (κ1) is 20.4. The van der Waals surface area contributed by atoms with Crippen LogP contribution in [0, 0.1) is 0 Å². The number of ether oxygens (including phenoxy) is 2. The Balaban J connectivity index is 1.87. The van der Waals surface area contributed by atoms with Gasteiger partial charge in [0.15, 0.2) is 11.5 Å². The van der Waals surface area contributed by atoms with Crippen LogP contribution in [0.15, 0.2) is 48.0 Å². The fourth-order valence-electron chi connectivity index (χ4n) is 3.17. The van der Waals surface area contributed by atoms with E-state index in [1.54, 1.807) is 18.2 Å². The highest BCUT2D eigenvalue weighted by Gasteiger charge is 2.37. The van der Waals surface area contributed by atoms with Gasteiger partial charge in [-0.1, -0.05) is 18.2 Å². The van der Waals surface area contributed by atoms with Crippen LogP contribution in [0.4, 0.5) is 13.2 Å². The highest BCUT2D eigenvalue weighted by atomic mass is 19.4. The molecule has 0 aromatic heterocycles. The minimum atomic E-state index is -4.48. The topological polar surface area (TPSA) is 55.8 Å². The molecule has 1 heterocycles. The van der Waals surface area contributed by atoms with Crippen molar-refractivity contribution in [3.8, 4) is 11.5 Å². The van der Waals surface area contributed by atoms with Crippen molar-refractivity contribution in [2.75, 3.05) is 14.2 Å². The highest BCUT2D eigenvalue weighted by molar-refractivity contribution is 6.35. The van der Waals surface area contributed by atoms with Gasteiger partial charge in [0.1, 0.15) is 0 Å². The molecule has 0 unspecified atom stereocenters. The molecule has 0 fully saturated rings. The van der Waals surface area contributed by atoms with Crippen molar-refractivity contribution in [2.24, 2.45) is 0 Å². The van der Waals surface area contributed by atoms with Crippen molar-refractivity contribution in [1.82, 2.24) is 4.90 Å². The standard InChI is InChI=1S/C21H18F3NO4/c1-12-18(14-5-7-15(8-6-14)21(22,23)24)20(27)25(19(12)26)11-13-4-9-16(28-2)17(10-13)29-3/h4-10H,11H2,1-3H3. The SMILES string of the molecule is COc1ccc(CN2C(=O)C(C)=C(c3ccc(C(F)(F)F)cc3)C2=O)cc1OC. The summed E-state index contributed by atoms with van der Waals surface area (Å²) in [6, 6.07) is 9.21. The Hall–Kier alpha value is -3.29. The summed E-state index contributed by atoms with van der Waals surface area (Å²) in [5.74, 6) is -0.0754. The van der Waals surface area contributed by atoms with E-state index in [0.717, 1.165) is 17.0 Å². The van der Waals surface area contributed by atoms with Crippen molar-refractivity contribution in [3.05, 3.63) is 64.7 Å². The third-order valence-electron chi connectivity index (χ3n) is 4.69. The molecule has 0 saturated heterocycles. The Morgan fingerprint density at radius 2 is 1.52 bits per heavy atom. The van der Waals surface area contributed by atoms with E-state index in [9.17, 15) is 22.8 Å². The van der Waals surface area contributed by atoms with E-state index < -0.39 is 23.6 Å². The molecule has 5 nitrogen and oxygen atoms in total. The predicted molar refractivity (Wildman–Crippen MR) is 99.1 cm³/mol. The van der Waals surface area contributed by atoms with Gasteiger partial charge in [-0.3, -0.25) is 14.5 Å². The zero-order valence-corrected chi connectivity index (χ0v) is 16.0. The first-order chi connectivity index (χ1) is 13.7. The Morgan fingerprint density at radius 1 is 0.897 bits per heavy atom. The molecule has 152 valence electrons. The molecule has 0 atom stereocenters. The first-order valence-corrected chi connectivity index (χ1v) is 8.63. The van der Waals surface area contributed by atoms with Crippen LogP contribution in [0.3, 0.4) is 0 Å². The van der Waals surface area contributed by atoms with E-state index in [4.69, 9.17) is 9.47 Å². The smallest absolute Gasteiger partial charge is 0.416 e.